The van der Waals surface area contributed by atoms with Crippen LogP contribution in [0.25, 0.3) is 11.5 Å². The second-order valence-corrected chi connectivity index (χ2v) is 3.55. The quantitative estimate of drug-likeness (QED) is 0.900. The zero-order chi connectivity index (χ0) is 13.2. The maximum atomic E-state index is 12.3. The smallest absolute Gasteiger partial charge is 0.382 e. The van der Waals surface area contributed by atoms with Crippen LogP contribution in [-0.2, 0) is 6.54 Å². The third-order valence-corrected chi connectivity index (χ3v) is 2.26. The standard InChI is InChI=1S/C10H9F3N4O/c11-10(12,13)8(18)6-17-4-3-16-9(17)7-5-14-1-2-15-7/h1-5,8,18H,6H2. The van der Waals surface area contributed by atoms with Crippen molar-refractivity contribution in [3.05, 3.63) is 31.0 Å². The summed E-state index contributed by atoms with van der Waals surface area (Å²) in [5, 5.41) is 9.02. The molecule has 96 valence electrons. The van der Waals surface area contributed by atoms with Crippen molar-refractivity contribution in [2.24, 2.45) is 0 Å². The van der Waals surface area contributed by atoms with Gasteiger partial charge in [-0.15, -0.1) is 0 Å². The van der Waals surface area contributed by atoms with Gasteiger partial charge >= 0.3 is 6.18 Å². The summed E-state index contributed by atoms with van der Waals surface area (Å²) in [6, 6.07) is 0. The molecule has 1 atom stereocenters. The molecule has 0 saturated heterocycles. The molecule has 1 N–H and O–H groups in total. The second-order valence-electron chi connectivity index (χ2n) is 3.55. The molecule has 18 heavy (non-hydrogen) atoms. The summed E-state index contributed by atoms with van der Waals surface area (Å²) in [6.45, 7) is -0.630. The fourth-order valence-electron chi connectivity index (χ4n) is 1.39. The maximum absolute atomic E-state index is 12.3. The molecule has 2 heterocycles. The molecule has 1 unspecified atom stereocenters. The average molecular weight is 258 g/mol. The van der Waals surface area contributed by atoms with Crippen molar-refractivity contribution >= 4 is 0 Å². The van der Waals surface area contributed by atoms with Crippen molar-refractivity contribution in [1.82, 2.24) is 19.5 Å². The van der Waals surface area contributed by atoms with Crippen LogP contribution < -0.4 is 0 Å². The van der Waals surface area contributed by atoms with Crippen LogP contribution in [0.15, 0.2) is 31.0 Å². The first-order chi connectivity index (χ1) is 8.48. The van der Waals surface area contributed by atoms with Crippen LogP contribution in [-0.4, -0.2) is 36.9 Å². The van der Waals surface area contributed by atoms with Crippen molar-refractivity contribution in [2.75, 3.05) is 0 Å². The van der Waals surface area contributed by atoms with Crippen LogP contribution in [0.3, 0.4) is 0 Å². The molecular weight excluding hydrogens is 249 g/mol. The van der Waals surface area contributed by atoms with E-state index in [-0.39, 0.29) is 5.82 Å². The van der Waals surface area contributed by atoms with Crippen LogP contribution in [0.2, 0.25) is 0 Å². The molecule has 0 aliphatic heterocycles. The summed E-state index contributed by atoms with van der Waals surface area (Å²) in [5.74, 6) is 0.228. The summed E-state index contributed by atoms with van der Waals surface area (Å²) in [6.07, 6.45) is -0.174. The van der Waals surface area contributed by atoms with Crippen LogP contribution >= 0.6 is 0 Å². The van der Waals surface area contributed by atoms with Crippen molar-refractivity contribution in [3.63, 3.8) is 0 Å². The molecule has 2 rings (SSSR count). The highest BCUT2D eigenvalue weighted by Gasteiger charge is 2.38. The van der Waals surface area contributed by atoms with E-state index in [4.69, 9.17) is 5.11 Å². The van der Waals surface area contributed by atoms with Crippen molar-refractivity contribution in [2.45, 2.75) is 18.8 Å². The van der Waals surface area contributed by atoms with Crippen molar-refractivity contribution in [3.8, 4) is 11.5 Å². The summed E-state index contributed by atoms with van der Waals surface area (Å²) in [5.41, 5.74) is 0.344. The maximum Gasteiger partial charge on any atom is 0.416 e. The number of halogens is 3. The minimum Gasteiger partial charge on any atom is -0.382 e. The van der Waals surface area contributed by atoms with Gasteiger partial charge in [-0.2, -0.15) is 13.2 Å². The molecule has 0 bridgehead atoms. The van der Waals surface area contributed by atoms with E-state index in [1.54, 1.807) is 0 Å². The third-order valence-electron chi connectivity index (χ3n) is 2.26. The van der Waals surface area contributed by atoms with E-state index in [0.29, 0.717) is 5.69 Å². The van der Waals surface area contributed by atoms with E-state index in [1.807, 2.05) is 0 Å². The predicted octanol–water partition coefficient (Wildman–Crippen LogP) is 1.26. The lowest BCUT2D eigenvalue weighted by atomic mass is 10.3. The SMILES string of the molecule is OC(Cn1ccnc1-c1cnccn1)C(F)(F)F. The van der Waals surface area contributed by atoms with Gasteiger partial charge in [-0.3, -0.25) is 4.98 Å². The molecule has 5 nitrogen and oxygen atoms in total. The zero-order valence-corrected chi connectivity index (χ0v) is 9.04. The molecule has 0 aromatic carbocycles. The zero-order valence-electron chi connectivity index (χ0n) is 9.04. The molecule has 0 aliphatic carbocycles. The second kappa shape index (κ2) is 4.73. The molecule has 8 heteroatoms. The lowest BCUT2D eigenvalue weighted by molar-refractivity contribution is -0.207. The molecule has 0 amide bonds. The van der Waals surface area contributed by atoms with Gasteiger partial charge in [0.05, 0.1) is 12.7 Å². The van der Waals surface area contributed by atoms with Gasteiger partial charge in [0.25, 0.3) is 0 Å². The Morgan fingerprint density at radius 1 is 1.22 bits per heavy atom. The van der Waals surface area contributed by atoms with Crippen molar-refractivity contribution in [1.29, 1.82) is 0 Å². The number of aliphatic hydroxyl groups excluding tert-OH is 1. The van der Waals surface area contributed by atoms with E-state index >= 15 is 0 Å². The van der Waals surface area contributed by atoms with E-state index in [1.165, 1.54) is 35.6 Å². The Morgan fingerprint density at radius 2 is 2.00 bits per heavy atom. The van der Waals surface area contributed by atoms with Gasteiger partial charge in [0, 0.05) is 24.8 Å². The lowest BCUT2D eigenvalue weighted by Gasteiger charge is -2.16. The lowest BCUT2D eigenvalue weighted by Crippen LogP contribution is -2.32. The largest absolute Gasteiger partial charge is 0.416 e. The third kappa shape index (κ3) is 2.65. The van der Waals surface area contributed by atoms with Crippen molar-refractivity contribution < 1.29 is 18.3 Å². The number of aromatic nitrogens is 4. The van der Waals surface area contributed by atoms with Gasteiger partial charge < -0.3 is 9.67 Å². The first-order valence-electron chi connectivity index (χ1n) is 5.01. The highest BCUT2D eigenvalue weighted by atomic mass is 19.4. The Hall–Kier alpha value is -1.96. The minimum atomic E-state index is -4.66. The molecule has 2 aromatic heterocycles. The van der Waals surface area contributed by atoms with Gasteiger partial charge in [0.15, 0.2) is 11.9 Å². The van der Waals surface area contributed by atoms with Gasteiger partial charge in [0.2, 0.25) is 0 Å². The molecule has 0 saturated carbocycles. The van der Waals surface area contributed by atoms with E-state index < -0.39 is 18.8 Å². The number of hydrogen-bond acceptors (Lipinski definition) is 4. The summed E-state index contributed by atoms with van der Waals surface area (Å²) in [7, 11) is 0. The Morgan fingerprint density at radius 3 is 2.61 bits per heavy atom. The first-order valence-corrected chi connectivity index (χ1v) is 5.01. The number of imidazole rings is 1. The highest BCUT2D eigenvalue weighted by molar-refractivity contribution is 5.47. The van der Waals surface area contributed by atoms with E-state index in [2.05, 4.69) is 15.0 Å². The molecule has 0 radical (unpaired) electrons. The molecule has 0 spiro atoms. The number of hydrogen-bond donors (Lipinski definition) is 1. The summed E-state index contributed by atoms with van der Waals surface area (Å²) >= 11 is 0. The molecule has 0 fully saturated rings. The average Bonchev–Trinajstić information content (AvgIpc) is 2.77. The van der Waals surface area contributed by atoms with Crippen LogP contribution in [0.1, 0.15) is 0 Å². The van der Waals surface area contributed by atoms with E-state index in [0.717, 1.165) is 0 Å². The van der Waals surface area contributed by atoms with Gasteiger partial charge in [-0.1, -0.05) is 0 Å². The summed E-state index contributed by atoms with van der Waals surface area (Å²) < 4.78 is 38.0. The number of rotatable bonds is 3. The number of aliphatic hydroxyl groups is 1. The number of nitrogens with zero attached hydrogens (tertiary/aromatic N) is 4. The monoisotopic (exact) mass is 258 g/mol. The molecular formula is C10H9F3N4O. The van der Waals surface area contributed by atoms with Crippen LogP contribution in [0.5, 0.6) is 0 Å². The molecule has 0 aliphatic rings. The minimum absolute atomic E-state index is 0.228. The Kier molecular flexibility index (Phi) is 3.28. The predicted molar refractivity (Wildman–Crippen MR) is 55.3 cm³/mol. The van der Waals surface area contributed by atoms with Gasteiger partial charge in [-0.25, -0.2) is 9.97 Å². The van der Waals surface area contributed by atoms with Crippen LogP contribution in [0, 0.1) is 0 Å². The topological polar surface area (TPSA) is 63.8 Å². The highest BCUT2D eigenvalue weighted by Crippen LogP contribution is 2.23. The molecule has 2 aromatic rings. The van der Waals surface area contributed by atoms with E-state index in [9.17, 15) is 13.2 Å². The van der Waals surface area contributed by atoms with Gasteiger partial charge in [-0.05, 0) is 0 Å². The Bertz CT molecular complexity index is 511. The first kappa shape index (κ1) is 12.5. The Labute approximate surface area is 100.0 Å². The normalized spacial score (nSPS) is 13.6. The van der Waals surface area contributed by atoms with Crippen LogP contribution in [0.4, 0.5) is 13.2 Å². The Balaban J connectivity index is 2.24. The summed E-state index contributed by atoms with van der Waals surface area (Å²) in [4.78, 5) is 11.7. The fraction of sp³-hybridized carbons (Fsp3) is 0.300. The fourth-order valence-corrected chi connectivity index (χ4v) is 1.39. The number of alkyl halides is 3. The van der Waals surface area contributed by atoms with Gasteiger partial charge in [0.1, 0.15) is 5.69 Å².